The van der Waals surface area contributed by atoms with E-state index in [2.05, 4.69) is 20.8 Å². The van der Waals surface area contributed by atoms with E-state index < -0.39 is 0 Å². The molecule has 1 unspecified atom stereocenters. The summed E-state index contributed by atoms with van der Waals surface area (Å²) in [7, 11) is 0. The first-order valence-corrected chi connectivity index (χ1v) is 3.64. The van der Waals surface area contributed by atoms with Crippen LogP contribution in [0.15, 0.2) is 0 Å². The van der Waals surface area contributed by atoms with Gasteiger partial charge in [0.2, 0.25) is 0 Å². The summed E-state index contributed by atoms with van der Waals surface area (Å²) in [5, 5.41) is 0. The predicted molar refractivity (Wildman–Crippen MR) is 49.0 cm³/mol. The molecule has 0 N–H and O–H groups in total. The largest absolute Gasteiger partial charge is 0.340 e. The molecule has 10 heavy (non-hydrogen) atoms. The molecule has 0 bridgehead atoms. The van der Waals surface area contributed by atoms with Crippen molar-refractivity contribution in [3.63, 3.8) is 0 Å². The van der Waals surface area contributed by atoms with Crippen LogP contribution in [0.25, 0.3) is 0 Å². The first-order chi connectivity index (χ1) is 3.81. The molecule has 0 amide bonds. The van der Waals surface area contributed by atoms with E-state index >= 15 is 0 Å². The Bertz CT molecular complexity index is 48.5. The van der Waals surface area contributed by atoms with Crippen LogP contribution in [0.5, 0.6) is 0 Å². The molecule has 60 valence electrons. The fourth-order valence-corrected chi connectivity index (χ4v) is 0.697. The van der Waals surface area contributed by atoms with Gasteiger partial charge in [-0.3, -0.25) is 0 Å². The van der Waals surface area contributed by atoms with Gasteiger partial charge in [-0.15, -0.1) is 17.0 Å². The monoisotopic (exact) mass is 257 g/mol. The van der Waals surface area contributed by atoms with Gasteiger partial charge in [-0.05, 0) is 0 Å². The van der Waals surface area contributed by atoms with Gasteiger partial charge in [-0.1, -0.05) is 39.5 Å². The Kier molecular flexibility index (Phi) is 22.0. The molecule has 0 rings (SSSR count). The summed E-state index contributed by atoms with van der Waals surface area (Å²) >= 11 is 0. The van der Waals surface area contributed by atoms with Crippen molar-refractivity contribution in [1.82, 2.24) is 0 Å². The average Bonchev–Trinajstić information content (AvgIpc) is 1.83. The van der Waals surface area contributed by atoms with Crippen molar-refractivity contribution in [3.8, 4) is 0 Å². The molecule has 0 aliphatic heterocycles. The van der Waals surface area contributed by atoms with E-state index in [1.165, 1.54) is 25.7 Å². The molecule has 1 atom stereocenters. The fourth-order valence-electron chi connectivity index (χ4n) is 0.697. The molecule has 0 nitrogen and oxygen atoms in total. The third kappa shape index (κ3) is 11.8. The van der Waals surface area contributed by atoms with Crippen molar-refractivity contribution in [2.24, 2.45) is 5.92 Å². The molecule has 0 heterocycles. The molecule has 0 aromatic heterocycles. The van der Waals surface area contributed by atoms with Gasteiger partial charge in [0.15, 0.2) is 0 Å². The molecule has 0 saturated heterocycles. The Hall–Kier alpha value is 1.10. The number of hydrogen-bond acceptors (Lipinski definition) is 0. The second-order valence-electron chi connectivity index (χ2n) is 2.42. The normalized spacial score (nSPS) is 11.1. The van der Waals surface area contributed by atoms with E-state index in [0.29, 0.717) is 5.92 Å². The fraction of sp³-hybridized carbons (Fsp3) is 0.875. The quantitative estimate of drug-likeness (QED) is 0.534. The summed E-state index contributed by atoms with van der Waals surface area (Å²) in [6.45, 7) is 8.42. The summed E-state index contributed by atoms with van der Waals surface area (Å²) < 4.78 is 0. The Balaban J connectivity index is -0.000000245. The van der Waals surface area contributed by atoms with Crippen molar-refractivity contribution in [2.45, 2.75) is 39.5 Å². The van der Waals surface area contributed by atoms with Gasteiger partial charge < -0.3 is 6.92 Å². The van der Waals surface area contributed by atoms with Crippen molar-refractivity contribution in [3.05, 3.63) is 6.92 Å². The molecule has 2 heteroatoms. The van der Waals surface area contributed by atoms with Crippen LogP contribution in [0.1, 0.15) is 39.5 Å². The number of rotatable bonds is 4. The van der Waals surface area contributed by atoms with Crippen molar-refractivity contribution in [1.29, 1.82) is 0 Å². The van der Waals surface area contributed by atoms with Crippen LogP contribution < -0.4 is 0 Å². The topological polar surface area (TPSA) is 0 Å². The van der Waals surface area contributed by atoms with Crippen LogP contribution in [-0.4, -0.2) is 0 Å². The van der Waals surface area contributed by atoms with Gasteiger partial charge in [0.25, 0.3) is 0 Å². The molecule has 0 radical (unpaired) electrons. The van der Waals surface area contributed by atoms with E-state index in [1.54, 1.807) is 0 Å². The molecular formula is C8H18BrZn-. The molecular weight excluding hydrogens is 241 g/mol. The van der Waals surface area contributed by atoms with Crippen molar-refractivity contribution in [2.75, 3.05) is 0 Å². The third-order valence-corrected chi connectivity index (χ3v) is 1.54. The van der Waals surface area contributed by atoms with Crippen molar-refractivity contribution < 1.29 is 19.5 Å². The molecule has 0 spiro atoms. The molecule has 0 fully saturated rings. The zero-order valence-corrected chi connectivity index (χ0v) is 11.9. The van der Waals surface area contributed by atoms with Crippen LogP contribution in [0, 0.1) is 12.8 Å². The SMILES string of the molecule is Br.[CH2-]C(CC)CCCC.[Zn]. The average molecular weight is 260 g/mol. The third-order valence-electron chi connectivity index (χ3n) is 1.54. The zero-order chi connectivity index (χ0) is 6.41. The molecule has 0 aliphatic rings. The minimum atomic E-state index is 0. The second kappa shape index (κ2) is 12.8. The standard InChI is InChI=1S/C8H17.BrH.Zn/c1-4-6-7-8(3)5-2;;/h8H,3-7H2,1-2H3;1H;/q-1;;. The van der Waals surface area contributed by atoms with E-state index in [-0.39, 0.29) is 36.5 Å². The van der Waals surface area contributed by atoms with Crippen LogP contribution in [0.2, 0.25) is 0 Å². The van der Waals surface area contributed by atoms with Crippen molar-refractivity contribution >= 4 is 17.0 Å². The maximum Gasteiger partial charge on any atom is 0 e. The zero-order valence-electron chi connectivity index (χ0n) is 7.23. The maximum absolute atomic E-state index is 3.99. The number of unbranched alkanes of at least 4 members (excludes halogenated alkanes) is 1. The summed E-state index contributed by atoms with van der Waals surface area (Å²) in [5.41, 5.74) is 0. The van der Waals surface area contributed by atoms with E-state index in [0.717, 1.165) is 0 Å². The number of hydrogen-bond donors (Lipinski definition) is 0. The molecule has 0 aromatic carbocycles. The number of halogens is 1. The predicted octanol–water partition coefficient (Wildman–Crippen LogP) is 3.61. The van der Waals surface area contributed by atoms with Crippen LogP contribution in [-0.2, 0) is 19.5 Å². The Morgan fingerprint density at radius 1 is 1.30 bits per heavy atom. The summed E-state index contributed by atoms with van der Waals surface area (Å²) in [5.74, 6) is 0.704. The Morgan fingerprint density at radius 3 is 2.10 bits per heavy atom. The first kappa shape index (κ1) is 17.3. The minimum Gasteiger partial charge on any atom is -0.340 e. The first-order valence-electron chi connectivity index (χ1n) is 3.64. The molecule has 0 aliphatic carbocycles. The van der Waals surface area contributed by atoms with Crippen LogP contribution in [0.3, 0.4) is 0 Å². The molecule has 0 aromatic rings. The minimum absolute atomic E-state index is 0. The Morgan fingerprint density at radius 2 is 1.80 bits per heavy atom. The van der Waals surface area contributed by atoms with Gasteiger partial charge in [0, 0.05) is 19.5 Å². The molecule has 0 saturated carbocycles. The second-order valence-corrected chi connectivity index (χ2v) is 2.42. The Labute approximate surface area is 88.7 Å². The van der Waals surface area contributed by atoms with Gasteiger partial charge >= 0.3 is 0 Å². The summed E-state index contributed by atoms with van der Waals surface area (Å²) in [4.78, 5) is 0. The van der Waals surface area contributed by atoms with Crippen LogP contribution in [0.4, 0.5) is 0 Å². The van der Waals surface area contributed by atoms with E-state index in [4.69, 9.17) is 0 Å². The van der Waals surface area contributed by atoms with Gasteiger partial charge in [-0.25, -0.2) is 0 Å². The van der Waals surface area contributed by atoms with Crippen LogP contribution >= 0.6 is 17.0 Å². The van der Waals surface area contributed by atoms with E-state index in [9.17, 15) is 0 Å². The smallest absolute Gasteiger partial charge is 0 e. The summed E-state index contributed by atoms with van der Waals surface area (Å²) in [6.07, 6.45) is 5.21. The van der Waals surface area contributed by atoms with Gasteiger partial charge in [0.1, 0.15) is 0 Å². The van der Waals surface area contributed by atoms with Gasteiger partial charge in [-0.2, -0.15) is 5.92 Å². The summed E-state index contributed by atoms with van der Waals surface area (Å²) in [6, 6.07) is 0. The van der Waals surface area contributed by atoms with E-state index in [1.807, 2.05) is 0 Å². The van der Waals surface area contributed by atoms with Gasteiger partial charge in [0.05, 0.1) is 0 Å². The maximum atomic E-state index is 3.99.